The molecule has 1 nitrogen and oxygen atoms in total. The molecular weight excluding hydrogens is 98.1 g/mol. The first kappa shape index (κ1) is 5.80. The van der Waals surface area contributed by atoms with Crippen LogP contribution in [-0.2, 0) is 0 Å². The van der Waals surface area contributed by atoms with Crippen molar-refractivity contribution in [3.8, 4) is 0 Å². The van der Waals surface area contributed by atoms with Gasteiger partial charge < -0.3 is 5.41 Å². The van der Waals surface area contributed by atoms with Crippen LogP contribution in [0.25, 0.3) is 0 Å². The summed E-state index contributed by atoms with van der Waals surface area (Å²) in [7, 11) is 0. The van der Waals surface area contributed by atoms with Crippen molar-refractivity contribution in [1.82, 2.24) is 0 Å². The molecule has 1 aliphatic carbocycles. The van der Waals surface area contributed by atoms with Crippen LogP contribution in [0.15, 0.2) is 0 Å². The molecule has 0 bridgehead atoms. The van der Waals surface area contributed by atoms with Crippen LogP contribution in [0.1, 0.15) is 32.6 Å². The Bertz CT molecular complexity index is 96.6. The summed E-state index contributed by atoms with van der Waals surface area (Å²) in [4.78, 5) is 0. The molecule has 0 saturated heterocycles. The summed E-state index contributed by atoms with van der Waals surface area (Å²) >= 11 is 0. The number of hydrogen-bond acceptors (Lipinski definition) is 1. The first-order chi connectivity index (χ1) is 3.84. The lowest BCUT2D eigenvalue weighted by Gasteiger charge is -1.88. The summed E-state index contributed by atoms with van der Waals surface area (Å²) in [6, 6.07) is 0. The van der Waals surface area contributed by atoms with Gasteiger partial charge in [0.1, 0.15) is 0 Å². The predicted octanol–water partition coefficient (Wildman–Crippen LogP) is 2.22. The number of rotatable bonds is 3. The van der Waals surface area contributed by atoms with Crippen molar-refractivity contribution in [1.29, 1.82) is 5.41 Å². The van der Waals surface area contributed by atoms with Crippen LogP contribution in [-0.4, -0.2) is 5.71 Å². The highest BCUT2D eigenvalue weighted by atomic mass is 14.5. The summed E-state index contributed by atoms with van der Waals surface area (Å²) < 4.78 is 0. The monoisotopic (exact) mass is 111 g/mol. The largest absolute Gasteiger partial charge is 0.309 e. The minimum Gasteiger partial charge on any atom is -0.309 e. The molecule has 1 fully saturated rings. The van der Waals surface area contributed by atoms with Crippen LogP contribution in [0.4, 0.5) is 0 Å². The molecule has 1 rings (SSSR count). The second-order valence-electron chi connectivity index (χ2n) is 2.57. The Balaban J connectivity index is 1.97. The third-order valence-corrected chi connectivity index (χ3v) is 1.71. The van der Waals surface area contributed by atoms with Crippen LogP contribution in [0.5, 0.6) is 0 Å². The lowest BCUT2D eigenvalue weighted by molar-refractivity contribution is 0.677. The molecule has 0 aromatic rings. The van der Waals surface area contributed by atoms with Crippen LogP contribution in [0.3, 0.4) is 0 Å². The van der Waals surface area contributed by atoms with Crippen LogP contribution in [0, 0.1) is 11.3 Å². The SMILES string of the molecule is CCCC[C@@H]1CC1=N. The molecule has 1 N–H and O–H groups in total. The lowest BCUT2D eigenvalue weighted by atomic mass is 10.2. The lowest BCUT2D eigenvalue weighted by Crippen LogP contribution is -1.77. The van der Waals surface area contributed by atoms with Crippen molar-refractivity contribution in [2.75, 3.05) is 0 Å². The van der Waals surface area contributed by atoms with Crippen LogP contribution >= 0.6 is 0 Å². The van der Waals surface area contributed by atoms with Crippen LogP contribution in [0.2, 0.25) is 0 Å². The van der Waals surface area contributed by atoms with E-state index in [0.717, 1.165) is 12.1 Å². The first-order valence-electron chi connectivity index (χ1n) is 3.42. The first-order valence-corrected chi connectivity index (χ1v) is 3.42. The summed E-state index contributed by atoms with van der Waals surface area (Å²) in [5.74, 6) is 0.704. The Morgan fingerprint density at radius 1 is 1.75 bits per heavy atom. The molecule has 8 heavy (non-hydrogen) atoms. The maximum Gasteiger partial charge on any atom is 0.0130 e. The minimum absolute atomic E-state index is 0.704. The summed E-state index contributed by atoms with van der Waals surface area (Å²) in [5.41, 5.74) is 0.985. The Morgan fingerprint density at radius 3 is 2.75 bits per heavy atom. The van der Waals surface area contributed by atoms with Gasteiger partial charge in [0.2, 0.25) is 0 Å². The molecule has 46 valence electrons. The molecule has 0 radical (unpaired) electrons. The van der Waals surface area contributed by atoms with Gasteiger partial charge >= 0.3 is 0 Å². The number of hydrogen-bond donors (Lipinski definition) is 1. The summed E-state index contributed by atoms with van der Waals surface area (Å²) in [5, 5.41) is 7.15. The summed E-state index contributed by atoms with van der Waals surface area (Å²) in [6.45, 7) is 2.20. The van der Waals surface area contributed by atoms with Gasteiger partial charge in [-0.1, -0.05) is 19.8 Å². The third kappa shape index (κ3) is 1.32. The van der Waals surface area contributed by atoms with Crippen molar-refractivity contribution in [2.45, 2.75) is 32.6 Å². The standard InChI is InChI=1S/C7H13N/c1-2-3-4-6-5-7(6)8/h6,8H,2-5H2,1H3/t6-/m1/s1. The van der Waals surface area contributed by atoms with Gasteiger partial charge in [-0.25, -0.2) is 0 Å². The minimum atomic E-state index is 0.704. The van der Waals surface area contributed by atoms with Crippen molar-refractivity contribution >= 4 is 5.71 Å². The van der Waals surface area contributed by atoms with Crippen molar-refractivity contribution in [3.05, 3.63) is 0 Å². The van der Waals surface area contributed by atoms with Crippen molar-refractivity contribution < 1.29 is 0 Å². The average Bonchev–Trinajstić information content (AvgIpc) is 2.42. The van der Waals surface area contributed by atoms with E-state index in [4.69, 9.17) is 5.41 Å². The zero-order chi connectivity index (χ0) is 5.98. The molecule has 0 heterocycles. The molecule has 0 aliphatic heterocycles. The topological polar surface area (TPSA) is 23.9 Å². The van der Waals surface area contributed by atoms with Gasteiger partial charge in [0.05, 0.1) is 0 Å². The molecule has 0 aromatic heterocycles. The van der Waals surface area contributed by atoms with E-state index < -0.39 is 0 Å². The van der Waals surface area contributed by atoms with Gasteiger partial charge in [0.25, 0.3) is 0 Å². The fourth-order valence-corrected chi connectivity index (χ4v) is 0.933. The van der Waals surface area contributed by atoms with E-state index >= 15 is 0 Å². The fourth-order valence-electron chi connectivity index (χ4n) is 0.933. The van der Waals surface area contributed by atoms with E-state index in [0.29, 0.717) is 5.92 Å². The van der Waals surface area contributed by atoms with Gasteiger partial charge in [0, 0.05) is 11.6 Å². The smallest absolute Gasteiger partial charge is 0.0130 e. The Morgan fingerprint density at radius 2 is 2.38 bits per heavy atom. The fraction of sp³-hybridized carbons (Fsp3) is 0.857. The predicted molar refractivity (Wildman–Crippen MR) is 35.4 cm³/mol. The maximum atomic E-state index is 7.15. The molecule has 0 aromatic carbocycles. The quantitative estimate of drug-likeness (QED) is 0.577. The van der Waals surface area contributed by atoms with Gasteiger partial charge in [-0.15, -0.1) is 0 Å². The maximum absolute atomic E-state index is 7.15. The molecule has 1 aliphatic rings. The van der Waals surface area contributed by atoms with E-state index in [2.05, 4.69) is 6.92 Å². The highest BCUT2D eigenvalue weighted by Crippen LogP contribution is 2.29. The van der Waals surface area contributed by atoms with E-state index in [1.54, 1.807) is 0 Å². The number of unbranched alkanes of at least 4 members (excludes halogenated alkanes) is 1. The molecular formula is C7H13N. The van der Waals surface area contributed by atoms with E-state index in [1.807, 2.05) is 0 Å². The second kappa shape index (κ2) is 2.29. The average molecular weight is 111 g/mol. The van der Waals surface area contributed by atoms with Gasteiger partial charge in [-0.3, -0.25) is 0 Å². The van der Waals surface area contributed by atoms with Gasteiger partial charge in [-0.2, -0.15) is 0 Å². The van der Waals surface area contributed by atoms with E-state index in [9.17, 15) is 0 Å². The third-order valence-electron chi connectivity index (χ3n) is 1.71. The molecule has 1 heteroatoms. The highest BCUT2D eigenvalue weighted by Gasteiger charge is 2.28. The molecule has 0 amide bonds. The normalized spacial score (nSPS) is 26.1. The second-order valence-corrected chi connectivity index (χ2v) is 2.57. The Kier molecular flexibility index (Phi) is 1.66. The molecule has 1 saturated carbocycles. The van der Waals surface area contributed by atoms with Crippen molar-refractivity contribution in [3.63, 3.8) is 0 Å². The van der Waals surface area contributed by atoms with E-state index in [-0.39, 0.29) is 0 Å². The van der Waals surface area contributed by atoms with Gasteiger partial charge in [0.15, 0.2) is 0 Å². The van der Waals surface area contributed by atoms with Crippen molar-refractivity contribution in [2.24, 2.45) is 5.92 Å². The molecule has 0 unspecified atom stereocenters. The highest BCUT2D eigenvalue weighted by molar-refractivity contribution is 5.98. The zero-order valence-corrected chi connectivity index (χ0v) is 5.41. The Labute approximate surface area is 50.6 Å². The summed E-state index contributed by atoms with van der Waals surface area (Å²) in [6.07, 6.45) is 4.96. The molecule has 1 atom stereocenters. The number of nitrogens with one attached hydrogen (secondary N) is 1. The molecule has 0 spiro atoms. The Hall–Kier alpha value is -0.330. The zero-order valence-electron chi connectivity index (χ0n) is 5.41. The van der Waals surface area contributed by atoms with Gasteiger partial charge in [-0.05, 0) is 12.8 Å². The van der Waals surface area contributed by atoms with E-state index in [1.165, 1.54) is 19.3 Å². The van der Waals surface area contributed by atoms with Crippen LogP contribution < -0.4 is 0 Å².